The molecule has 7 nitrogen and oxygen atoms in total. The van der Waals surface area contributed by atoms with Gasteiger partial charge in [0.2, 0.25) is 11.8 Å². The van der Waals surface area contributed by atoms with Crippen molar-refractivity contribution in [1.82, 2.24) is 5.32 Å². The number of carbonyl (C=O) groups is 3. The molecule has 1 aliphatic rings. The van der Waals surface area contributed by atoms with E-state index in [4.69, 9.17) is 4.74 Å². The van der Waals surface area contributed by atoms with Gasteiger partial charge >= 0.3 is 5.97 Å². The number of carbonyl (C=O) groups excluding carboxylic acids is 2. The third-order valence-corrected chi connectivity index (χ3v) is 4.39. The summed E-state index contributed by atoms with van der Waals surface area (Å²) in [6.07, 6.45) is 1.18. The Balaban J connectivity index is 1.86. The van der Waals surface area contributed by atoms with Gasteiger partial charge in [0.05, 0.1) is 0 Å². The molecular weight excluding hydrogens is 324 g/mol. The summed E-state index contributed by atoms with van der Waals surface area (Å²) in [7, 11) is 0. The molecule has 25 heavy (non-hydrogen) atoms. The number of aliphatic carboxylic acids is 1. The topological polar surface area (TPSA) is 105 Å². The second-order valence-corrected chi connectivity index (χ2v) is 6.11. The number of amides is 2. The number of aryl methyl sites for hydroxylation is 1. The molecule has 1 heterocycles. The monoisotopic (exact) mass is 348 g/mol. The molecule has 0 unspecified atom stereocenters. The second-order valence-electron chi connectivity index (χ2n) is 6.11. The molecule has 0 radical (unpaired) electrons. The van der Waals surface area contributed by atoms with Crippen LogP contribution in [0.15, 0.2) is 24.3 Å². The number of para-hydroxylation sites is 1. The number of anilines is 1. The molecule has 1 aromatic carbocycles. The Labute approximate surface area is 146 Å². The molecule has 0 aromatic heterocycles. The molecule has 1 saturated heterocycles. The fourth-order valence-electron chi connectivity index (χ4n) is 2.83. The zero-order chi connectivity index (χ0) is 18.3. The van der Waals surface area contributed by atoms with Crippen LogP contribution >= 0.6 is 0 Å². The van der Waals surface area contributed by atoms with Crippen LogP contribution in [0.2, 0.25) is 0 Å². The quantitative estimate of drug-likeness (QED) is 0.696. The lowest BCUT2D eigenvalue weighted by atomic mass is 9.90. The first-order valence-electron chi connectivity index (χ1n) is 8.47. The highest BCUT2D eigenvalue weighted by Gasteiger charge is 2.41. The standard InChI is InChI=1S/C18H24N2O5/c1-2-13-5-3-4-6-14(13)19-15(21)7-8-16(22)20-18(17(23)24)9-11-25-12-10-18/h3-6H,2,7-12H2,1H3,(H,19,21)(H,20,22)(H,23,24). The highest BCUT2D eigenvalue weighted by atomic mass is 16.5. The molecule has 1 aromatic rings. The van der Waals surface area contributed by atoms with Gasteiger partial charge in [0.25, 0.3) is 0 Å². The summed E-state index contributed by atoms with van der Waals surface area (Å²) in [6.45, 7) is 2.58. The van der Waals surface area contributed by atoms with Crippen LogP contribution < -0.4 is 10.6 Å². The van der Waals surface area contributed by atoms with Gasteiger partial charge < -0.3 is 20.5 Å². The number of rotatable bonds is 7. The predicted molar refractivity (Wildman–Crippen MR) is 92.2 cm³/mol. The summed E-state index contributed by atoms with van der Waals surface area (Å²) in [6, 6.07) is 7.49. The lowest BCUT2D eigenvalue weighted by molar-refractivity contribution is -0.152. The number of benzene rings is 1. The Hall–Kier alpha value is -2.41. The summed E-state index contributed by atoms with van der Waals surface area (Å²) >= 11 is 0. The number of carboxylic acid groups (broad SMARTS) is 1. The van der Waals surface area contributed by atoms with Gasteiger partial charge in [-0.25, -0.2) is 4.79 Å². The zero-order valence-corrected chi connectivity index (χ0v) is 14.3. The molecule has 2 rings (SSSR count). The summed E-state index contributed by atoms with van der Waals surface area (Å²) in [5.74, 6) is -1.78. The van der Waals surface area contributed by atoms with Crippen LogP contribution in [-0.2, 0) is 25.5 Å². The third kappa shape index (κ3) is 5.03. The van der Waals surface area contributed by atoms with Gasteiger partial charge in [0.1, 0.15) is 5.54 Å². The Kier molecular flexibility index (Phi) is 6.52. The fraction of sp³-hybridized carbons (Fsp3) is 0.500. The van der Waals surface area contributed by atoms with E-state index in [0.29, 0.717) is 13.2 Å². The smallest absolute Gasteiger partial charge is 0.329 e. The third-order valence-electron chi connectivity index (χ3n) is 4.39. The van der Waals surface area contributed by atoms with Crippen molar-refractivity contribution in [2.75, 3.05) is 18.5 Å². The maximum absolute atomic E-state index is 12.1. The van der Waals surface area contributed by atoms with Crippen molar-refractivity contribution in [2.45, 2.75) is 44.6 Å². The van der Waals surface area contributed by atoms with E-state index in [1.54, 1.807) is 0 Å². The van der Waals surface area contributed by atoms with E-state index in [1.807, 2.05) is 31.2 Å². The van der Waals surface area contributed by atoms with Crippen molar-refractivity contribution in [3.05, 3.63) is 29.8 Å². The van der Waals surface area contributed by atoms with Gasteiger partial charge in [-0.3, -0.25) is 9.59 Å². The molecule has 0 saturated carbocycles. The minimum absolute atomic E-state index is 0.00389. The molecule has 3 N–H and O–H groups in total. The van der Waals surface area contributed by atoms with Gasteiger partial charge in [-0.15, -0.1) is 0 Å². The Morgan fingerprint density at radius 2 is 1.76 bits per heavy atom. The van der Waals surface area contributed by atoms with E-state index in [9.17, 15) is 19.5 Å². The van der Waals surface area contributed by atoms with Crippen LogP contribution in [-0.4, -0.2) is 41.6 Å². The molecule has 1 aliphatic heterocycles. The summed E-state index contributed by atoms with van der Waals surface area (Å²) in [5.41, 5.74) is 0.467. The minimum atomic E-state index is -1.29. The van der Waals surface area contributed by atoms with Gasteiger partial charge in [0.15, 0.2) is 0 Å². The SMILES string of the molecule is CCc1ccccc1NC(=O)CCC(=O)NC1(C(=O)O)CCOCC1. The van der Waals surface area contributed by atoms with Crippen molar-refractivity contribution in [3.8, 4) is 0 Å². The van der Waals surface area contributed by atoms with Gasteiger partial charge in [-0.1, -0.05) is 25.1 Å². The lowest BCUT2D eigenvalue weighted by Gasteiger charge is -2.33. The van der Waals surface area contributed by atoms with Crippen LogP contribution in [0.4, 0.5) is 5.69 Å². The van der Waals surface area contributed by atoms with E-state index < -0.39 is 17.4 Å². The zero-order valence-electron chi connectivity index (χ0n) is 14.3. The molecule has 0 spiro atoms. The number of nitrogens with one attached hydrogen (secondary N) is 2. The molecule has 0 bridgehead atoms. The molecule has 0 atom stereocenters. The minimum Gasteiger partial charge on any atom is -0.480 e. The van der Waals surface area contributed by atoms with Crippen molar-refractivity contribution in [3.63, 3.8) is 0 Å². The first-order chi connectivity index (χ1) is 12.0. The fourth-order valence-corrected chi connectivity index (χ4v) is 2.83. The van der Waals surface area contributed by atoms with Crippen molar-refractivity contribution in [2.24, 2.45) is 0 Å². The number of hydrogen-bond acceptors (Lipinski definition) is 4. The summed E-state index contributed by atoms with van der Waals surface area (Å²) in [4.78, 5) is 35.7. The predicted octanol–water partition coefficient (Wildman–Crippen LogP) is 1.72. The number of carboxylic acids is 1. The molecular formula is C18H24N2O5. The molecule has 0 aliphatic carbocycles. The van der Waals surface area contributed by atoms with Crippen LogP contribution in [0.3, 0.4) is 0 Å². The van der Waals surface area contributed by atoms with Gasteiger partial charge in [-0.05, 0) is 18.1 Å². The average Bonchev–Trinajstić information content (AvgIpc) is 2.61. The van der Waals surface area contributed by atoms with E-state index in [0.717, 1.165) is 17.7 Å². The van der Waals surface area contributed by atoms with E-state index in [-0.39, 0.29) is 31.6 Å². The number of ether oxygens (including phenoxy) is 1. The highest BCUT2D eigenvalue weighted by molar-refractivity contribution is 5.94. The average molecular weight is 348 g/mol. The van der Waals surface area contributed by atoms with E-state index in [1.165, 1.54) is 0 Å². The first kappa shape index (κ1) is 18.9. The first-order valence-corrected chi connectivity index (χ1v) is 8.47. The van der Waals surface area contributed by atoms with E-state index in [2.05, 4.69) is 10.6 Å². The van der Waals surface area contributed by atoms with Crippen LogP contribution in [0, 0.1) is 0 Å². The van der Waals surface area contributed by atoms with Crippen molar-refractivity contribution >= 4 is 23.5 Å². The second kappa shape index (κ2) is 8.62. The van der Waals surface area contributed by atoms with Gasteiger partial charge in [0, 0.05) is 44.6 Å². The summed E-state index contributed by atoms with van der Waals surface area (Å²) < 4.78 is 5.16. The molecule has 7 heteroatoms. The Morgan fingerprint density at radius 3 is 2.40 bits per heavy atom. The van der Waals surface area contributed by atoms with Crippen LogP contribution in [0.1, 0.15) is 38.2 Å². The van der Waals surface area contributed by atoms with Crippen LogP contribution in [0.5, 0.6) is 0 Å². The Bertz CT molecular complexity index is 638. The molecule has 2 amide bonds. The van der Waals surface area contributed by atoms with E-state index >= 15 is 0 Å². The maximum atomic E-state index is 12.1. The number of hydrogen-bond donors (Lipinski definition) is 3. The summed E-state index contributed by atoms with van der Waals surface area (Å²) in [5, 5.41) is 14.8. The normalized spacial score (nSPS) is 16.0. The molecule has 1 fully saturated rings. The largest absolute Gasteiger partial charge is 0.480 e. The van der Waals surface area contributed by atoms with Crippen molar-refractivity contribution in [1.29, 1.82) is 0 Å². The Morgan fingerprint density at radius 1 is 1.12 bits per heavy atom. The van der Waals surface area contributed by atoms with Crippen LogP contribution in [0.25, 0.3) is 0 Å². The lowest BCUT2D eigenvalue weighted by Crippen LogP contribution is -2.57. The molecule has 136 valence electrons. The maximum Gasteiger partial charge on any atom is 0.329 e. The highest BCUT2D eigenvalue weighted by Crippen LogP contribution is 2.21. The van der Waals surface area contributed by atoms with Crippen molar-refractivity contribution < 1.29 is 24.2 Å². The van der Waals surface area contributed by atoms with Gasteiger partial charge in [-0.2, -0.15) is 0 Å².